The lowest BCUT2D eigenvalue weighted by atomic mass is 9.80. The number of aromatic nitrogens is 3. The van der Waals surface area contributed by atoms with Gasteiger partial charge in [-0.3, -0.25) is 9.48 Å². The lowest BCUT2D eigenvalue weighted by Crippen LogP contribution is -2.43. The number of nitrogens with zero attached hydrogens (tertiary/aromatic N) is 3. The minimum atomic E-state index is -0.579. The fraction of sp³-hybridized carbons (Fsp3) is 0.750. The van der Waals surface area contributed by atoms with Gasteiger partial charge in [-0.15, -0.1) is 0 Å². The van der Waals surface area contributed by atoms with Crippen LogP contribution >= 0.6 is 0 Å². The second-order valence-corrected chi connectivity index (χ2v) is 4.66. The van der Waals surface area contributed by atoms with Gasteiger partial charge in [-0.05, 0) is 12.8 Å². The summed E-state index contributed by atoms with van der Waals surface area (Å²) in [6.07, 6.45) is 6.78. The van der Waals surface area contributed by atoms with Crippen molar-refractivity contribution in [1.82, 2.24) is 14.8 Å². The quantitative estimate of drug-likeness (QED) is 0.791. The highest BCUT2D eigenvalue weighted by molar-refractivity contribution is 5.88. The van der Waals surface area contributed by atoms with Crippen LogP contribution in [-0.4, -0.2) is 33.3 Å². The van der Waals surface area contributed by atoms with Crippen LogP contribution in [0, 0.1) is 0 Å². The number of carbonyl (C=O) groups is 1. The number of methoxy groups -OCH3 is 1. The van der Waals surface area contributed by atoms with Gasteiger partial charge in [0.1, 0.15) is 17.8 Å². The first-order valence-corrected chi connectivity index (χ1v) is 6.09. The van der Waals surface area contributed by atoms with Crippen LogP contribution in [0.5, 0.6) is 0 Å². The predicted molar refractivity (Wildman–Crippen MR) is 62.5 cm³/mol. The van der Waals surface area contributed by atoms with Crippen LogP contribution < -0.4 is 0 Å². The molecule has 0 bridgehead atoms. The average molecular weight is 237 g/mol. The summed E-state index contributed by atoms with van der Waals surface area (Å²) >= 11 is 0. The largest absolute Gasteiger partial charge is 0.370 e. The maximum Gasteiger partial charge on any atom is 0.172 e. The molecule has 1 saturated carbocycles. The van der Waals surface area contributed by atoms with Crippen molar-refractivity contribution in [3.05, 3.63) is 12.2 Å². The summed E-state index contributed by atoms with van der Waals surface area (Å²) in [4.78, 5) is 16.5. The minimum Gasteiger partial charge on any atom is -0.370 e. The van der Waals surface area contributed by atoms with Gasteiger partial charge in [-0.1, -0.05) is 19.3 Å². The van der Waals surface area contributed by atoms with E-state index >= 15 is 0 Å². The summed E-state index contributed by atoms with van der Waals surface area (Å²) in [6.45, 7) is 0. The topological polar surface area (TPSA) is 57.0 Å². The standard InChI is InChI=1S/C12H19N3O2/c1-15-11(13-9-14-15)8-10(16)12(17-2)6-4-3-5-7-12/h9H,3-8H2,1-2H3. The Morgan fingerprint density at radius 2 is 2.18 bits per heavy atom. The Kier molecular flexibility index (Phi) is 3.57. The SMILES string of the molecule is COC1(C(=O)Cc2ncnn2C)CCCCC1. The third-order valence-electron chi connectivity index (χ3n) is 3.68. The molecule has 0 saturated heterocycles. The molecular weight excluding hydrogens is 218 g/mol. The van der Waals surface area contributed by atoms with Crippen LogP contribution in [0.25, 0.3) is 0 Å². The Morgan fingerprint density at radius 3 is 2.71 bits per heavy atom. The first-order chi connectivity index (χ1) is 8.18. The molecule has 1 aliphatic carbocycles. The zero-order chi connectivity index (χ0) is 12.3. The van der Waals surface area contributed by atoms with Crippen molar-refractivity contribution in [3.63, 3.8) is 0 Å². The molecule has 0 spiro atoms. The fourth-order valence-electron chi connectivity index (χ4n) is 2.50. The van der Waals surface area contributed by atoms with Crippen LogP contribution in [0.3, 0.4) is 0 Å². The van der Waals surface area contributed by atoms with Gasteiger partial charge in [0.15, 0.2) is 5.78 Å². The summed E-state index contributed by atoms with van der Waals surface area (Å²) in [5.41, 5.74) is -0.579. The first-order valence-electron chi connectivity index (χ1n) is 6.09. The van der Waals surface area contributed by atoms with Gasteiger partial charge in [0.25, 0.3) is 0 Å². The van der Waals surface area contributed by atoms with Crippen molar-refractivity contribution in [2.24, 2.45) is 7.05 Å². The molecule has 0 N–H and O–H groups in total. The summed E-state index contributed by atoms with van der Waals surface area (Å²) in [6, 6.07) is 0. The van der Waals surface area contributed by atoms with Crippen LogP contribution in [-0.2, 0) is 23.0 Å². The molecule has 1 fully saturated rings. The van der Waals surface area contributed by atoms with Crippen molar-refractivity contribution in [2.75, 3.05) is 7.11 Å². The van der Waals surface area contributed by atoms with Crippen LogP contribution in [0.15, 0.2) is 6.33 Å². The molecule has 1 aromatic rings. The van der Waals surface area contributed by atoms with Gasteiger partial charge >= 0.3 is 0 Å². The van der Waals surface area contributed by atoms with Gasteiger partial charge in [0.05, 0.1) is 6.42 Å². The van der Waals surface area contributed by atoms with Crippen molar-refractivity contribution in [2.45, 2.75) is 44.1 Å². The molecular formula is C12H19N3O2. The Labute approximate surface area is 101 Å². The highest BCUT2D eigenvalue weighted by Gasteiger charge is 2.39. The minimum absolute atomic E-state index is 0.135. The van der Waals surface area contributed by atoms with E-state index in [-0.39, 0.29) is 5.78 Å². The van der Waals surface area contributed by atoms with E-state index in [1.54, 1.807) is 18.8 Å². The highest BCUT2D eigenvalue weighted by Crippen LogP contribution is 2.32. The monoisotopic (exact) mass is 237 g/mol. The second kappa shape index (κ2) is 4.96. The third kappa shape index (κ3) is 2.39. The van der Waals surface area contributed by atoms with E-state index in [1.807, 2.05) is 0 Å². The lowest BCUT2D eigenvalue weighted by Gasteiger charge is -2.34. The average Bonchev–Trinajstić information content (AvgIpc) is 2.76. The maximum absolute atomic E-state index is 12.4. The number of ether oxygens (including phenoxy) is 1. The summed E-state index contributed by atoms with van der Waals surface area (Å²) in [7, 11) is 3.44. The lowest BCUT2D eigenvalue weighted by molar-refractivity contribution is -0.144. The highest BCUT2D eigenvalue weighted by atomic mass is 16.5. The van der Waals surface area contributed by atoms with E-state index in [0.717, 1.165) is 25.7 Å². The number of Topliss-reactive ketones (excluding diaryl/α,β-unsaturated/α-hetero) is 1. The molecule has 0 radical (unpaired) electrons. The van der Waals surface area contributed by atoms with Crippen molar-refractivity contribution in [3.8, 4) is 0 Å². The zero-order valence-corrected chi connectivity index (χ0v) is 10.5. The van der Waals surface area contributed by atoms with Crippen molar-refractivity contribution >= 4 is 5.78 Å². The summed E-state index contributed by atoms with van der Waals surface area (Å²) in [5.74, 6) is 0.841. The first kappa shape index (κ1) is 12.2. The number of hydrogen-bond acceptors (Lipinski definition) is 4. The molecule has 0 atom stereocenters. The van der Waals surface area contributed by atoms with E-state index in [2.05, 4.69) is 10.1 Å². The van der Waals surface area contributed by atoms with Gasteiger partial charge in [0.2, 0.25) is 0 Å². The molecule has 0 aromatic carbocycles. The zero-order valence-electron chi connectivity index (χ0n) is 10.5. The number of rotatable bonds is 4. The molecule has 94 valence electrons. The number of hydrogen-bond donors (Lipinski definition) is 0. The third-order valence-corrected chi connectivity index (χ3v) is 3.68. The maximum atomic E-state index is 12.4. The molecule has 17 heavy (non-hydrogen) atoms. The van der Waals surface area contributed by atoms with Gasteiger partial charge in [0, 0.05) is 14.2 Å². The molecule has 2 rings (SSSR count). The Bertz CT molecular complexity index is 394. The molecule has 0 unspecified atom stereocenters. The molecule has 0 amide bonds. The van der Waals surface area contributed by atoms with E-state index in [4.69, 9.17) is 4.74 Å². The van der Waals surface area contributed by atoms with Crippen LogP contribution in [0.4, 0.5) is 0 Å². The Hall–Kier alpha value is -1.23. The summed E-state index contributed by atoms with van der Waals surface area (Å²) in [5, 5.41) is 3.98. The van der Waals surface area contributed by atoms with Crippen molar-refractivity contribution in [1.29, 1.82) is 0 Å². The fourth-order valence-corrected chi connectivity index (χ4v) is 2.50. The summed E-state index contributed by atoms with van der Waals surface area (Å²) < 4.78 is 7.17. The Morgan fingerprint density at radius 1 is 1.47 bits per heavy atom. The number of ketones is 1. The number of aryl methyl sites for hydroxylation is 1. The van der Waals surface area contributed by atoms with Crippen molar-refractivity contribution < 1.29 is 9.53 Å². The molecule has 0 aliphatic heterocycles. The van der Waals surface area contributed by atoms with E-state index in [1.165, 1.54) is 12.7 Å². The van der Waals surface area contributed by atoms with Crippen LogP contribution in [0.1, 0.15) is 37.9 Å². The Balaban J connectivity index is 2.10. The van der Waals surface area contributed by atoms with Gasteiger partial charge in [-0.2, -0.15) is 5.10 Å². The molecule has 1 aliphatic rings. The van der Waals surface area contributed by atoms with E-state index < -0.39 is 5.60 Å². The normalized spacial score (nSPS) is 19.2. The smallest absolute Gasteiger partial charge is 0.172 e. The molecule has 1 heterocycles. The second-order valence-electron chi connectivity index (χ2n) is 4.66. The van der Waals surface area contributed by atoms with Gasteiger partial charge < -0.3 is 4.74 Å². The van der Waals surface area contributed by atoms with Crippen LogP contribution in [0.2, 0.25) is 0 Å². The molecule has 1 aromatic heterocycles. The molecule has 5 nitrogen and oxygen atoms in total. The number of carbonyl (C=O) groups excluding carboxylic acids is 1. The van der Waals surface area contributed by atoms with E-state index in [0.29, 0.717) is 12.2 Å². The van der Waals surface area contributed by atoms with Gasteiger partial charge in [-0.25, -0.2) is 4.98 Å². The van der Waals surface area contributed by atoms with E-state index in [9.17, 15) is 4.79 Å². The predicted octanol–water partition coefficient (Wildman–Crippen LogP) is 1.28. The molecule has 5 heteroatoms.